The number of rotatable bonds is 5. The van der Waals surface area contributed by atoms with Gasteiger partial charge in [-0.2, -0.15) is 0 Å². The quantitative estimate of drug-likeness (QED) is 0.876. The van der Waals surface area contributed by atoms with Gasteiger partial charge in [-0.15, -0.1) is 0 Å². The molecule has 0 heterocycles. The summed E-state index contributed by atoms with van der Waals surface area (Å²) in [7, 11) is 0. The molecular formula is C17H18F2N2O. The molecule has 2 rings (SSSR count). The number of amides is 1. The predicted octanol–water partition coefficient (Wildman–Crippen LogP) is 4.02. The molecule has 0 unspecified atom stereocenters. The van der Waals surface area contributed by atoms with Crippen LogP contribution in [0.4, 0.5) is 20.2 Å². The van der Waals surface area contributed by atoms with Crippen LogP contribution in [0.1, 0.15) is 17.5 Å². The summed E-state index contributed by atoms with van der Waals surface area (Å²) in [4.78, 5) is 11.8. The largest absolute Gasteiger partial charge is 0.385 e. The molecule has 0 aliphatic rings. The molecule has 0 fully saturated rings. The summed E-state index contributed by atoms with van der Waals surface area (Å²) in [5, 5.41) is 5.70. The lowest BCUT2D eigenvalue weighted by Crippen LogP contribution is -2.16. The minimum atomic E-state index is -0.980. The summed E-state index contributed by atoms with van der Waals surface area (Å²) in [6.07, 6.45) is 0.228. The van der Waals surface area contributed by atoms with E-state index in [1.165, 1.54) is 6.07 Å². The van der Waals surface area contributed by atoms with Gasteiger partial charge in [0.15, 0.2) is 11.6 Å². The highest BCUT2D eigenvalue weighted by atomic mass is 19.2. The molecular weight excluding hydrogens is 286 g/mol. The Bertz CT molecular complexity index is 666. The van der Waals surface area contributed by atoms with Crippen LogP contribution in [0, 0.1) is 25.5 Å². The van der Waals surface area contributed by atoms with Crippen molar-refractivity contribution < 1.29 is 13.6 Å². The Hall–Kier alpha value is -2.43. The third-order valence-electron chi connectivity index (χ3n) is 3.11. The van der Waals surface area contributed by atoms with Crippen LogP contribution in [-0.2, 0) is 4.79 Å². The maximum Gasteiger partial charge on any atom is 0.226 e. The monoisotopic (exact) mass is 304 g/mol. The molecule has 0 saturated carbocycles. The molecule has 0 aliphatic carbocycles. The van der Waals surface area contributed by atoms with E-state index >= 15 is 0 Å². The zero-order chi connectivity index (χ0) is 16.1. The number of carbonyl (C=O) groups is 1. The van der Waals surface area contributed by atoms with Crippen molar-refractivity contribution >= 4 is 17.3 Å². The van der Waals surface area contributed by atoms with Crippen molar-refractivity contribution in [3.05, 3.63) is 59.2 Å². The standard InChI is InChI=1S/C17H18F2N2O/c1-11-7-12(2)9-14(8-11)20-6-5-17(22)21-13-3-4-15(18)16(19)10-13/h3-4,7-10,20H,5-6H2,1-2H3,(H,21,22). The second-order valence-corrected chi connectivity index (χ2v) is 5.23. The topological polar surface area (TPSA) is 41.1 Å². The highest BCUT2D eigenvalue weighted by Crippen LogP contribution is 2.15. The van der Waals surface area contributed by atoms with Crippen LogP contribution >= 0.6 is 0 Å². The van der Waals surface area contributed by atoms with Gasteiger partial charge in [-0.25, -0.2) is 8.78 Å². The van der Waals surface area contributed by atoms with Crippen molar-refractivity contribution in [1.82, 2.24) is 0 Å². The van der Waals surface area contributed by atoms with Gasteiger partial charge in [0.2, 0.25) is 5.91 Å². The minimum absolute atomic E-state index is 0.228. The Labute approximate surface area is 128 Å². The van der Waals surface area contributed by atoms with Gasteiger partial charge in [0, 0.05) is 30.4 Å². The molecule has 3 nitrogen and oxygen atoms in total. The van der Waals surface area contributed by atoms with Crippen LogP contribution in [0.25, 0.3) is 0 Å². The van der Waals surface area contributed by atoms with Gasteiger partial charge in [0.1, 0.15) is 0 Å². The number of benzene rings is 2. The maximum atomic E-state index is 13.0. The van der Waals surface area contributed by atoms with Crippen molar-refractivity contribution in [2.24, 2.45) is 0 Å². The molecule has 22 heavy (non-hydrogen) atoms. The first-order valence-corrected chi connectivity index (χ1v) is 7.01. The number of hydrogen-bond acceptors (Lipinski definition) is 2. The van der Waals surface area contributed by atoms with Gasteiger partial charge >= 0.3 is 0 Å². The molecule has 2 aromatic rings. The summed E-state index contributed by atoms with van der Waals surface area (Å²) in [6, 6.07) is 9.35. The molecule has 0 saturated heterocycles. The van der Waals surface area contributed by atoms with E-state index in [2.05, 4.69) is 16.7 Å². The fraction of sp³-hybridized carbons (Fsp3) is 0.235. The Morgan fingerprint density at radius 3 is 2.27 bits per heavy atom. The van der Waals surface area contributed by atoms with Gasteiger partial charge in [0.05, 0.1) is 0 Å². The van der Waals surface area contributed by atoms with E-state index in [1.807, 2.05) is 26.0 Å². The first-order valence-electron chi connectivity index (χ1n) is 7.01. The molecule has 0 atom stereocenters. The van der Waals surface area contributed by atoms with E-state index in [-0.39, 0.29) is 18.0 Å². The zero-order valence-corrected chi connectivity index (χ0v) is 12.5. The van der Waals surface area contributed by atoms with E-state index in [9.17, 15) is 13.6 Å². The summed E-state index contributed by atoms with van der Waals surface area (Å²) >= 11 is 0. The smallest absolute Gasteiger partial charge is 0.226 e. The van der Waals surface area contributed by atoms with Crippen molar-refractivity contribution in [3.8, 4) is 0 Å². The van der Waals surface area contributed by atoms with Crippen LogP contribution < -0.4 is 10.6 Å². The molecule has 0 aromatic heterocycles. The third kappa shape index (κ3) is 4.55. The Balaban J connectivity index is 1.83. The van der Waals surface area contributed by atoms with Gasteiger partial charge in [0.25, 0.3) is 0 Å². The van der Waals surface area contributed by atoms with Crippen LogP contribution in [0.5, 0.6) is 0 Å². The predicted molar refractivity (Wildman–Crippen MR) is 84.0 cm³/mol. The average Bonchev–Trinajstić information content (AvgIpc) is 2.42. The molecule has 0 spiro atoms. The fourth-order valence-corrected chi connectivity index (χ4v) is 2.19. The second kappa shape index (κ2) is 7.02. The number of anilines is 2. The highest BCUT2D eigenvalue weighted by Gasteiger charge is 2.06. The molecule has 0 bridgehead atoms. The van der Waals surface area contributed by atoms with Crippen LogP contribution in [0.2, 0.25) is 0 Å². The lowest BCUT2D eigenvalue weighted by molar-refractivity contribution is -0.115. The van der Waals surface area contributed by atoms with Gasteiger partial charge in [-0.3, -0.25) is 4.79 Å². The molecule has 116 valence electrons. The second-order valence-electron chi connectivity index (χ2n) is 5.23. The summed E-state index contributed by atoms with van der Waals surface area (Å²) in [5.74, 6) is -2.18. The number of halogens is 2. The molecule has 2 N–H and O–H groups in total. The maximum absolute atomic E-state index is 13.0. The van der Waals surface area contributed by atoms with Crippen molar-refractivity contribution in [3.63, 3.8) is 0 Å². The lowest BCUT2D eigenvalue weighted by Gasteiger charge is -2.09. The Morgan fingerprint density at radius 2 is 1.64 bits per heavy atom. The van der Waals surface area contributed by atoms with E-state index < -0.39 is 11.6 Å². The summed E-state index contributed by atoms with van der Waals surface area (Å²) in [5.41, 5.74) is 3.50. The van der Waals surface area contributed by atoms with Crippen molar-refractivity contribution in [1.29, 1.82) is 0 Å². The Morgan fingerprint density at radius 1 is 0.955 bits per heavy atom. The van der Waals surface area contributed by atoms with E-state index in [1.54, 1.807) is 0 Å². The van der Waals surface area contributed by atoms with E-state index in [0.29, 0.717) is 6.54 Å². The third-order valence-corrected chi connectivity index (χ3v) is 3.11. The lowest BCUT2D eigenvalue weighted by atomic mass is 10.1. The number of aryl methyl sites for hydroxylation is 2. The molecule has 0 aliphatic heterocycles. The summed E-state index contributed by atoms with van der Waals surface area (Å²) in [6.45, 7) is 4.47. The fourth-order valence-electron chi connectivity index (χ4n) is 2.19. The molecule has 0 radical (unpaired) electrons. The van der Waals surface area contributed by atoms with E-state index in [0.717, 1.165) is 28.9 Å². The zero-order valence-electron chi connectivity index (χ0n) is 12.5. The number of carbonyl (C=O) groups excluding carboxylic acids is 1. The van der Waals surface area contributed by atoms with E-state index in [4.69, 9.17) is 0 Å². The molecule has 5 heteroatoms. The number of nitrogens with one attached hydrogen (secondary N) is 2. The first-order chi connectivity index (χ1) is 10.4. The molecule has 1 amide bonds. The normalized spacial score (nSPS) is 10.4. The van der Waals surface area contributed by atoms with Crippen molar-refractivity contribution in [2.75, 3.05) is 17.2 Å². The van der Waals surface area contributed by atoms with Crippen molar-refractivity contribution in [2.45, 2.75) is 20.3 Å². The summed E-state index contributed by atoms with van der Waals surface area (Å²) < 4.78 is 25.8. The highest BCUT2D eigenvalue weighted by molar-refractivity contribution is 5.90. The van der Waals surface area contributed by atoms with Crippen LogP contribution in [0.15, 0.2) is 36.4 Å². The minimum Gasteiger partial charge on any atom is -0.385 e. The van der Waals surface area contributed by atoms with Gasteiger partial charge in [-0.1, -0.05) is 6.07 Å². The SMILES string of the molecule is Cc1cc(C)cc(NCCC(=O)Nc2ccc(F)c(F)c2)c1. The van der Waals surface area contributed by atoms with Gasteiger partial charge in [-0.05, 0) is 49.2 Å². The number of hydrogen-bond donors (Lipinski definition) is 2. The molecule has 2 aromatic carbocycles. The van der Waals surface area contributed by atoms with Crippen LogP contribution in [0.3, 0.4) is 0 Å². The van der Waals surface area contributed by atoms with Gasteiger partial charge < -0.3 is 10.6 Å². The van der Waals surface area contributed by atoms with Crippen LogP contribution in [-0.4, -0.2) is 12.5 Å². The first kappa shape index (κ1) is 15.9. The Kier molecular flexibility index (Phi) is 5.09. The average molecular weight is 304 g/mol.